The SMILES string of the molecule is CCNC(=NCc1ccc(SC)cc1)NCCOCC.I. The minimum absolute atomic E-state index is 0. The molecule has 0 aromatic heterocycles. The zero-order chi connectivity index (χ0) is 14.6. The molecule has 0 atom stereocenters. The van der Waals surface area contributed by atoms with Gasteiger partial charge in [-0.25, -0.2) is 4.99 Å². The minimum Gasteiger partial charge on any atom is -0.380 e. The van der Waals surface area contributed by atoms with Crippen LogP contribution in [0.4, 0.5) is 0 Å². The molecule has 21 heavy (non-hydrogen) atoms. The van der Waals surface area contributed by atoms with Crippen molar-refractivity contribution in [3.63, 3.8) is 0 Å². The maximum absolute atomic E-state index is 5.30. The van der Waals surface area contributed by atoms with Crippen LogP contribution in [0.15, 0.2) is 34.2 Å². The van der Waals surface area contributed by atoms with Gasteiger partial charge < -0.3 is 15.4 Å². The molecule has 2 N–H and O–H groups in total. The molecule has 0 amide bonds. The van der Waals surface area contributed by atoms with E-state index < -0.39 is 0 Å². The van der Waals surface area contributed by atoms with Gasteiger partial charge in [0, 0.05) is 24.6 Å². The average molecular weight is 423 g/mol. The van der Waals surface area contributed by atoms with Crippen molar-refractivity contribution in [3.8, 4) is 0 Å². The summed E-state index contributed by atoms with van der Waals surface area (Å²) in [4.78, 5) is 5.85. The van der Waals surface area contributed by atoms with Crippen molar-refractivity contribution in [3.05, 3.63) is 29.8 Å². The van der Waals surface area contributed by atoms with Crippen molar-refractivity contribution in [1.29, 1.82) is 0 Å². The van der Waals surface area contributed by atoms with E-state index in [1.54, 1.807) is 11.8 Å². The first-order valence-electron chi connectivity index (χ1n) is 7.03. The van der Waals surface area contributed by atoms with Crippen LogP contribution in [0.5, 0.6) is 0 Å². The largest absolute Gasteiger partial charge is 0.380 e. The highest BCUT2D eigenvalue weighted by molar-refractivity contribution is 14.0. The van der Waals surface area contributed by atoms with Gasteiger partial charge in [-0.3, -0.25) is 0 Å². The first-order valence-corrected chi connectivity index (χ1v) is 8.25. The van der Waals surface area contributed by atoms with Crippen molar-refractivity contribution < 1.29 is 4.74 Å². The number of thioether (sulfide) groups is 1. The Labute approximate surface area is 149 Å². The molecule has 120 valence electrons. The average Bonchev–Trinajstić information content (AvgIpc) is 2.49. The molecule has 0 spiro atoms. The smallest absolute Gasteiger partial charge is 0.191 e. The first-order chi connectivity index (χ1) is 9.80. The Morgan fingerprint density at radius 1 is 1.19 bits per heavy atom. The summed E-state index contributed by atoms with van der Waals surface area (Å²) in [5, 5.41) is 6.49. The van der Waals surface area contributed by atoms with E-state index in [4.69, 9.17) is 4.74 Å². The zero-order valence-corrected chi connectivity index (χ0v) is 16.2. The van der Waals surface area contributed by atoms with Crippen LogP contribution in [0.3, 0.4) is 0 Å². The molecule has 1 aromatic rings. The van der Waals surface area contributed by atoms with Crippen molar-refractivity contribution >= 4 is 41.7 Å². The Morgan fingerprint density at radius 2 is 1.90 bits per heavy atom. The number of halogens is 1. The Bertz CT molecular complexity index is 398. The number of ether oxygens (including phenoxy) is 1. The summed E-state index contributed by atoms with van der Waals surface area (Å²) in [5.74, 6) is 0.834. The van der Waals surface area contributed by atoms with E-state index in [-0.39, 0.29) is 24.0 Å². The normalized spacial score (nSPS) is 10.9. The molecule has 0 saturated heterocycles. The van der Waals surface area contributed by atoms with E-state index in [0.29, 0.717) is 13.2 Å². The quantitative estimate of drug-likeness (QED) is 0.222. The molecule has 0 aliphatic heterocycles. The van der Waals surface area contributed by atoms with Crippen LogP contribution in [0.1, 0.15) is 19.4 Å². The van der Waals surface area contributed by atoms with Crippen LogP contribution in [-0.2, 0) is 11.3 Å². The molecular weight excluding hydrogens is 397 g/mol. The Balaban J connectivity index is 0.00000400. The summed E-state index contributed by atoms with van der Waals surface area (Å²) >= 11 is 1.75. The lowest BCUT2D eigenvalue weighted by Gasteiger charge is -2.11. The number of guanidine groups is 1. The van der Waals surface area contributed by atoms with Gasteiger partial charge in [0.1, 0.15) is 0 Å². The molecule has 0 heterocycles. The van der Waals surface area contributed by atoms with Gasteiger partial charge in [0.05, 0.1) is 13.2 Å². The third-order valence-electron chi connectivity index (χ3n) is 2.67. The second kappa shape index (κ2) is 13.2. The van der Waals surface area contributed by atoms with E-state index in [1.165, 1.54) is 10.5 Å². The van der Waals surface area contributed by atoms with Crippen LogP contribution < -0.4 is 10.6 Å². The highest BCUT2D eigenvalue weighted by Gasteiger charge is 1.97. The summed E-state index contributed by atoms with van der Waals surface area (Å²) in [6.45, 7) is 7.81. The Morgan fingerprint density at radius 3 is 2.48 bits per heavy atom. The molecule has 1 aromatic carbocycles. The standard InChI is InChI=1S/C15H25N3OS.HI/c1-4-16-15(17-10-11-19-5-2)18-12-13-6-8-14(20-3)9-7-13;/h6-9H,4-5,10-12H2,1-3H3,(H2,16,17,18);1H. The van der Waals surface area contributed by atoms with E-state index in [1.807, 2.05) is 6.92 Å². The summed E-state index contributed by atoms with van der Waals surface area (Å²) < 4.78 is 5.30. The van der Waals surface area contributed by atoms with Gasteiger partial charge in [-0.05, 0) is 37.8 Å². The van der Waals surface area contributed by atoms with Crippen molar-refractivity contribution in [2.45, 2.75) is 25.3 Å². The van der Waals surface area contributed by atoms with Crippen LogP contribution in [-0.4, -0.2) is 38.5 Å². The van der Waals surface area contributed by atoms with Crippen LogP contribution in [0.25, 0.3) is 0 Å². The second-order valence-electron chi connectivity index (χ2n) is 4.17. The number of hydrogen-bond acceptors (Lipinski definition) is 3. The zero-order valence-electron chi connectivity index (χ0n) is 13.0. The molecule has 0 bridgehead atoms. The lowest BCUT2D eigenvalue weighted by Crippen LogP contribution is -2.39. The molecule has 0 saturated carbocycles. The maximum atomic E-state index is 5.30. The van der Waals surface area contributed by atoms with Crippen LogP contribution >= 0.6 is 35.7 Å². The first kappa shape index (κ1) is 20.5. The molecule has 0 fully saturated rings. The van der Waals surface area contributed by atoms with Gasteiger partial charge in [-0.2, -0.15) is 0 Å². The summed E-state index contributed by atoms with van der Waals surface area (Å²) in [6, 6.07) is 8.51. The van der Waals surface area contributed by atoms with Gasteiger partial charge in [0.25, 0.3) is 0 Å². The molecule has 6 heteroatoms. The fourth-order valence-electron chi connectivity index (χ4n) is 1.63. The van der Waals surface area contributed by atoms with Gasteiger partial charge in [-0.15, -0.1) is 35.7 Å². The minimum atomic E-state index is 0. The number of benzene rings is 1. The molecule has 0 aliphatic rings. The van der Waals surface area contributed by atoms with Gasteiger partial charge in [0.2, 0.25) is 0 Å². The number of nitrogens with zero attached hydrogens (tertiary/aromatic N) is 1. The van der Waals surface area contributed by atoms with Crippen molar-refractivity contribution in [1.82, 2.24) is 10.6 Å². The lowest BCUT2D eigenvalue weighted by molar-refractivity contribution is 0.152. The van der Waals surface area contributed by atoms with E-state index in [2.05, 4.69) is 53.1 Å². The summed E-state index contributed by atoms with van der Waals surface area (Å²) in [7, 11) is 0. The molecular formula is C15H26IN3OS. The second-order valence-corrected chi connectivity index (χ2v) is 5.05. The topological polar surface area (TPSA) is 45.7 Å². The van der Waals surface area contributed by atoms with Crippen molar-refractivity contribution in [2.24, 2.45) is 4.99 Å². The summed E-state index contributed by atoms with van der Waals surface area (Å²) in [5.41, 5.74) is 1.21. The van der Waals surface area contributed by atoms with Crippen LogP contribution in [0, 0.1) is 0 Å². The van der Waals surface area contributed by atoms with Gasteiger partial charge in [0.15, 0.2) is 5.96 Å². The Kier molecular flexibility index (Phi) is 12.9. The lowest BCUT2D eigenvalue weighted by atomic mass is 10.2. The highest BCUT2D eigenvalue weighted by Crippen LogP contribution is 2.15. The number of rotatable bonds is 8. The van der Waals surface area contributed by atoms with Crippen molar-refractivity contribution in [2.75, 3.05) is 32.6 Å². The number of aliphatic imine (C=N–C) groups is 1. The molecule has 1 rings (SSSR count). The molecule has 0 radical (unpaired) electrons. The third kappa shape index (κ3) is 9.21. The van der Waals surface area contributed by atoms with Crippen LogP contribution in [0.2, 0.25) is 0 Å². The molecule has 4 nitrogen and oxygen atoms in total. The predicted molar refractivity (Wildman–Crippen MR) is 103 cm³/mol. The maximum Gasteiger partial charge on any atom is 0.191 e. The monoisotopic (exact) mass is 423 g/mol. The molecule has 0 aliphatic carbocycles. The van der Waals surface area contributed by atoms with E-state index in [9.17, 15) is 0 Å². The fourth-order valence-corrected chi connectivity index (χ4v) is 2.04. The fraction of sp³-hybridized carbons (Fsp3) is 0.533. The van der Waals surface area contributed by atoms with E-state index in [0.717, 1.165) is 25.7 Å². The van der Waals surface area contributed by atoms with E-state index >= 15 is 0 Å². The predicted octanol–water partition coefficient (Wildman–Crippen LogP) is 3.12. The summed E-state index contributed by atoms with van der Waals surface area (Å²) in [6.07, 6.45) is 2.08. The third-order valence-corrected chi connectivity index (χ3v) is 3.41. The Hall–Kier alpha value is -0.470. The van der Waals surface area contributed by atoms with Gasteiger partial charge >= 0.3 is 0 Å². The highest BCUT2D eigenvalue weighted by atomic mass is 127. The number of hydrogen-bond donors (Lipinski definition) is 2. The number of nitrogens with one attached hydrogen (secondary N) is 2. The molecule has 0 unspecified atom stereocenters. The van der Waals surface area contributed by atoms with Gasteiger partial charge in [-0.1, -0.05) is 12.1 Å².